The quantitative estimate of drug-likeness (QED) is 0.713. The van der Waals surface area contributed by atoms with E-state index in [0.717, 1.165) is 18.6 Å². The molecule has 0 aromatic heterocycles. The van der Waals surface area contributed by atoms with Gasteiger partial charge in [0.05, 0.1) is 19.1 Å². The summed E-state index contributed by atoms with van der Waals surface area (Å²) in [6.07, 6.45) is 2.04. The van der Waals surface area contributed by atoms with E-state index < -0.39 is 0 Å². The number of carbonyl (C=O) groups is 1. The predicted octanol–water partition coefficient (Wildman–Crippen LogP) is 3.45. The molecule has 4 nitrogen and oxygen atoms in total. The van der Waals surface area contributed by atoms with Crippen LogP contribution in [0.1, 0.15) is 18.4 Å². The van der Waals surface area contributed by atoms with Crippen molar-refractivity contribution >= 4 is 5.91 Å². The minimum absolute atomic E-state index is 0.0430. The fraction of sp³-hybridized carbons (Fsp3) is 0.381. The Morgan fingerprint density at radius 2 is 1.81 bits per heavy atom. The Balaban J connectivity index is 1.34. The van der Waals surface area contributed by atoms with Crippen LogP contribution in [0.5, 0.6) is 5.75 Å². The van der Waals surface area contributed by atoms with Crippen molar-refractivity contribution < 1.29 is 18.7 Å². The van der Waals surface area contributed by atoms with Crippen molar-refractivity contribution in [1.29, 1.82) is 0 Å². The van der Waals surface area contributed by atoms with Crippen molar-refractivity contribution in [2.75, 3.05) is 26.3 Å². The molecule has 1 aliphatic rings. The lowest BCUT2D eigenvalue weighted by Gasteiger charge is -2.32. The summed E-state index contributed by atoms with van der Waals surface area (Å²) in [4.78, 5) is 14.2. The zero-order valence-corrected chi connectivity index (χ0v) is 14.8. The first-order valence-corrected chi connectivity index (χ1v) is 9.02. The molecule has 138 valence electrons. The van der Waals surface area contributed by atoms with E-state index >= 15 is 0 Å². The van der Waals surface area contributed by atoms with Crippen LogP contribution in [0.25, 0.3) is 0 Å². The molecule has 2 aromatic rings. The van der Waals surface area contributed by atoms with E-state index in [9.17, 15) is 9.18 Å². The number of halogens is 1. The van der Waals surface area contributed by atoms with Gasteiger partial charge in [-0.1, -0.05) is 30.3 Å². The highest BCUT2D eigenvalue weighted by molar-refractivity contribution is 5.78. The topological polar surface area (TPSA) is 38.8 Å². The van der Waals surface area contributed by atoms with Crippen LogP contribution in [0.15, 0.2) is 54.6 Å². The number of benzene rings is 2. The zero-order chi connectivity index (χ0) is 18.2. The Labute approximate surface area is 153 Å². The molecule has 0 saturated carbocycles. The number of piperidine rings is 1. The maximum atomic E-state index is 13.2. The fourth-order valence-electron chi connectivity index (χ4n) is 3.10. The molecule has 26 heavy (non-hydrogen) atoms. The van der Waals surface area contributed by atoms with Gasteiger partial charge in [-0.05, 0) is 42.7 Å². The van der Waals surface area contributed by atoms with Crippen molar-refractivity contribution in [2.24, 2.45) is 0 Å². The Hall–Kier alpha value is -2.40. The Bertz CT molecular complexity index is 699. The summed E-state index contributed by atoms with van der Waals surface area (Å²) in [5.74, 6) is 0.579. The van der Waals surface area contributed by atoms with Crippen LogP contribution in [-0.4, -0.2) is 43.2 Å². The number of hydrogen-bond donors (Lipinski definition) is 0. The first kappa shape index (κ1) is 18.4. The van der Waals surface area contributed by atoms with E-state index in [0.29, 0.717) is 31.9 Å². The van der Waals surface area contributed by atoms with E-state index in [4.69, 9.17) is 9.47 Å². The molecule has 3 rings (SSSR count). The molecule has 1 heterocycles. The molecular formula is C21H24FNO3. The molecule has 0 spiro atoms. The van der Waals surface area contributed by atoms with Gasteiger partial charge >= 0.3 is 0 Å². The summed E-state index contributed by atoms with van der Waals surface area (Å²) in [5.41, 5.74) is 0.714. The predicted molar refractivity (Wildman–Crippen MR) is 97.6 cm³/mol. The van der Waals surface area contributed by atoms with E-state index in [1.807, 2.05) is 35.2 Å². The zero-order valence-electron chi connectivity index (χ0n) is 14.8. The molecule has 1 aliphatic heterocycles. The minimum Gasteiger partial charge on any atom is -0.491 e. The lowest BCUT2D eigenvalue weighted by atomic mass is 10.1. The highest BCUT2D eigenvalue weighted by Gasteiger charge is 2.23. The first-order chi connectivity index (χ1) is 12.7. The van der Waals surface area contributed by atoms with Crippen LogP contribution in [0, 0.1) is 5.82 Å². The van der Waals surface area contributed by atoms with E-state index in [1.54, 1.807) is 12.1 Å². The smallest absolute Gasteiger partial charge is 0.226 e. The van der Waals surface area contributed by atoms with E-state index in [-0.39, 0.29) is 24.2 Å². The maximum Gasteiger partial charge on any atom is 0.226 e. The van der Waals surface area contributed by atoms with Crippen LogP contribution in [0.4, 0.5) is 4.39 Å². The van der Waals surface area contributed by atoms with E-state index in [2.05, 4.69) is 0 Å². The van der Waals surface area contributed by atoms with Crippen LogP contribution in [0.3, 0.4) is 0 Å². The van der Waals surface area contributed by atoms with Gasteiger partial charge in [0.2, 0.25) is 5.91 Å². The summed E-state index contributed by atoms with van der Waals surface area (Å²) < 4.78 is 24.7. The first-order valence-electron chi connectivity index (χ1n) is 9.02. The average Bonchev–Trinajstić information content (AvgIpc) is 2.66. The number of likely N-dealkylation sites (tertiary alicyclic amines) is 1. The third-order valence-corrected chi connectivity index (χ3v) is 4.49. The molecule has 5 heteroatoms. The van der Waals surface area contributed by atoms with Crippen molar-refractivity contribution in [3.05, 3.63) is 66.0 Å². The monoisotopic (exact) mass is 357 g/mol. The summed E-state index contributed by atoms with van der Waals surface area (Å²) in [6, 6.07) is 15.9. The molecule has 0 aliphatic carbocycles. The Morgan fingerprint density at radius 1 is 1.04 bits per heavy atom. The molecule has 2 aromatic carbocycles. The SMILES string of the molecule is O=C(Cc1cccc(F)c1)N1CCC(OCCOc2ccccc2)CC1. The fourth-order valence-corrected chi connectivity index (χ4v) is 3.10. The minimum atomic E-state index is -0.305. The second kappa shape index (κ2) is 9.34. The number of ether oxygens (including phenoxy) is 2. The molecule has 1 amide bonds. The van der Waals surface area contributed by atoms with Crippen LogP contribution in [0.2, 0.25) is 0 Å². The van der Waals surface area contributed by atoms with Crippen molar-refractivity contribution in [3.63, 3.8) is 0 Å². The summed E-state index contributed by atoms with van der Waals surface area (Å²) in [5, 5.41) is 0. The van der Waals surface area contributed by atoms with Crippen molar-refractivity contribution in [1.82, 2.24) is 4.90 Å². The van der Waals surface area contributed by atoms with Gasteiger partial charge in [0.1, 0.15) is 18.2 Å². The molecule has 1 saturated heterocycles. The lowest BCUT2D eigenvalue weighted by Crippen LogP contribution is -2.41. The Kier molecular flexibility index (Phi) is 6.61. The number of carbonyl (C=O) groups excluding carboxylic acids is 1. The molecule has 0 atom stereocenters. The van der Waals surface area contributed by atoms with Gasteiger partial charge in [-0.2, -0.15) is 0 Å². The van der Waals surface area contributed by atoms with Crippen LogP contribution >= 0.6 is 0 Å². The Morgan fingerprint density at radius 3 is 2.54 bits per heavy atom. The molecular weight excluding hydrogens is 333 g/mol. The van der Waals surface area contributed by atoms with E-state index in [1.165, 1.54) is 12.1 Å². The summed E-state index contributed by atoms with van der Waals surface area (Å²) >= 11 is 0. The summed E-state index contributed by atoms with van der Waals surface area (Å²) in [7, 11) is 0. The van der Waals surface area contributed by atoms with Gasteiger partial charge in [0, 0.05) is 13.1 Å². The van der Waals surface area contributed by atoms with Gasteiger partial charge in [0.25, 0.3) is 0 Å². The lowest BCUT2D eigenvalue weighted by molar-refractivity contribution is -0.133. The largest absolute Gasteiger partial charge is 0.491 e. The van der Waals surface area contributed by atoms with Crippen molar-refractivity contribution in [2.45, 2.75) is 25.4 Å². The number of para-hydroxylation sites is 1. The molecule has 0 radical (unpaired) electrons. The van der Waals surface area contributed by atoms with Gasteiger partial charge in [-0.25, -0.2) is 4.39 Å². The van der Waals surface area contributed by atoms with Gasteiger partial charge in [-0.15, -0.1) is 0 Å². The van der Waals surface area contributed by atoms with Gasteiger partial charge < -0.3 is 14.4 Å². The average molecular weight is 357 g/mol. The highest BCUT2D eigenvalue weighted by atomic mass is 19.1. The number of amides is 1. The number of rotatable bonds is 7. The normalized spacial score (nSPS) is 15.0. The second-order valence-electron chi connectivity index (χ2n) is 6.42. The maximum absolute atomic E-state index is 13.2. The van der Waals surface area contributed by atoms with Gasteiger partial charge in [-0.3, -0.25) is 4.79 Å². The molecule has 0 unspecified atom stereocenters. The summed E-state index contributed by atoms with van der Waals surface area (Å²) in [6.45, 7) is 2.41. The standard InChI is InChI=1S/C21H24FNO3/c22-18-6-4-5-17(15-18)16-21(24)23-11-9-20(10-12-23)26-14-13-25-19-7-2-1-3-8-19/h1-8,15,20H,9-14,16H2. The molecule has 1 fully saturated rings. The van der Waals surface area contributed by atoms with Crippen LogP contribution < -0.4 is 4.74 Å². The molecule has 0 N–H and O–H groups in total. The molecule has 0 bridgehead atoms. The van der Waals surface area contributed by atoms with Crippen molar-refractivity contribution in [3.8, 4) is 5.75 Å². The third-order valence-electron chi connectivity index (χ3n) is 4.49. The highest BCUT2D eigenvalue weighted by Crippen LogP contribution is 2.16. The second-order valence-corrected chi connectivity index (χ2v) is 6.42. The number of hydrogen-bond acceptors (Lipinski definition) is 3. The number of nitrogens with zero attached hydrogens (tertiary/aromatic N) is 1. The van der Waals surface area contributed by atoms with Gasteiger partial charge in [0.15, 0.2) is 0 Å². The van der Waals surface area contributed by atoms with Crippen LogP contribution in [-0.2, 0) is 16.0 Å². The third kappa shape index (κ3) is 5.56.